The molecule has 0 bridgehead atoms. The number of hydrogen-bond donors (Lipinski definition) is 0. The van der Waals surface area contributed by atoms with Crippen molar-refractivity contribution in [1.29, 1.82) is 0 Å². The summed E-state index contributed by atoms with van der Waals surface area (Å²) in [5.74, 6) is 0.194. The van der Waals surface area contributed by atoms with Crippen LogP contribution in [0.4, 0.5) is 0 Å². The molecule has 0 radical (unpaired) electrons. The van der Waals surface area contributed by atoms with Crippen LogP contribution in [0.25, 0.3) is 0 Å². The highest BCUT2D eigenvalue weighted by Crippen LogP contribution is 2.44. The molecule has 1 aromatic rings. The first-order valence-electron chi connectivity index (χ1n) is 6.48. The molecule has 0 spiro atoms. The quantitative estimate of drug-likeness (QED) is 0.592. The summed E-state index contributed by atoms with van der Waals surface area (Å²) in [5, 5.41) is 1.34. The minimum Gasteiger partial charge on any atom is -0.295 e. The SMILES string of the molecule is C/C=C(\C(C)=O)C(C)(C)[Si](C)(C)c1ccccc1. The molecule has 0 heterocycles. The molecule has 0 aromatic heterocycles. The third-order valence-corrected chi connectivity index (χ3v) is 9.57. The van der Waals surface area contributed by atoms with Crippen molar-refractivity contribution >= 4 is 19.0 Å². The molecular formula is C16H24OSi. The van der Waals surface area contributed by atoms with E-state index in [9.17, 15) is 4.79 Å². The third kappa shape index (κ3) is 2.48. The Bertz CT molecular complexity index is 455. The minimum atomic E-state index is -1.74. The summed E-state index contributed by atoms with van der Waals surface area (Å²) in [4.78, 5) is 11.9. The molecule has 2 heteroatoms. The van der Waals surface area contributed by atoms with Gasteiger partial charge in [0.1, 0.15) is 0 Å². The summed E-state index contributed by atoms with van der Waals surface area (Å²) in [5.41, 5.74) is 0.961. The zero-order valence-electron chi connectivity index (χ0n) is 12.4. The van der Waals surface area contributed by atoms with Crippen molar-refractivity contribution in [1.82, 2.24) is 0 Å². The Morgan fingerprint density at radius 2 is 1.67 bits per heavy atom. The van der Waals surface area contributed by atoms with Gasteiger partial charge in [-0.15, -0.1) is 0 Å². The first-order valence-corrected chi connectivity index (χ1v) is 9.48. The van der Waals surface area contributed by atoms with Crippen LogP contribution in [0.5, 0.6) is 0 Å². The van der Waals surface area contributed by atoms with E-state index < -0.39 is 8.07 Å². The van der Waals surface area contributed by atoms with Gasteiger partial charge in [0.15, 0.2) is 5.78 Å². The number of rotatable bonds is 4. The van der Waals surface area contributed by atoms with E-state index in [1.807, 2.05) is 19.1 Å². The van der Waals surface area contributed by atoms with Crippen LogP contribution in [0.15, 0.2) is 42.0 Å². The highest BCUT2D eigenvalue weighted by Gasteiger charge is 2.43. The zero-order chi connectivity index (χ0) is 14.0. The van der Waals surface area contributed by atoms with Gasteiger partial charge in [0, 0.05) is 0 Å². The highest BCUT2D eigenvalue weighted by atomic mass is 28.3. The maximum atomic E-state index is 11.9. The fourth-order valence-electron chi connectivity index (χ4n) is 2.56. The van der Waals surface area contributed by atoms with Gasteiger partial charge in [-0.1, -0.05) is 68.5 Å². The Morgan fingerprint density at radius 1 is 1.17 bits per heavy atom. The third-order valence-electron chi connectivity index (χ3n) is 4.40. The lowest BCUT2D eigenvalue weighted by Gasteiger charge is -2.41. The molecule has 0 aliphatic carbocycles. The van der Waals surface area contributed by atoms with Gasteiger partial charge >= 0.3 is 0 Å². The molecule has 0 unspecified atom stereocenters. The number of ketones is 1. The average molecular weight is 260 g/mol. The van der Waals surface area contributed by atoms with E-state index in [2.05, 4.69) is 51.2 Å². The normalized spacial score (nSPS) is 13.6. The number of hydrogen-bond acceptors (Lipinski definition) is 1. The standard InChI is InChI=1S/C16H24OSi/c1-7-15(13(2)17)16(3,4)18(5,6)14-11-9-8-10-12-14/h7-12H,1-6H3/b15-7+. The predicted octanol–water partition coefficient (Wildman–Crippen LogP) is 3.92. The van der Waals surface area contributed by atoms with Crippen molar-refractivity contribution in [3.63, 3.8) is 0 Å². The molecule has 18 heavy (non-hydrogen) atoms. The van der Waals surface area contributed by atoms with Crippen molar-refractivity contribution in [3.8, 4) is 0 Å². The fraction of sp³-hybridized carbons (Fsp3) is 0.438. The van der Waals surface area contributed by atoms with Crippen molar-refractivity contribution in [2.75, 3.05) is 0 Å². The van der Waals surface area contributed by atoms with Crippen LogP contribution < -0.4 is 5.19 Å². The zero-order valence-corrected chi connectivity index (χ0v) is 13.4. The second-order valence-corrected chi connectivity index (χ2v) is 11.0. The van der Waals surface area contributed by atoms with Gasteiger partial charge in [-0.2, -0.15) is 0 Å². The Hall–Kier alpha value is -1.15. The Labute approximate surface area is 112 Å². The molecule has 1 aromatic carbocycles. The lowest BCUT2D eigenvalue weighted by molar-refractivity contribution is -0.114. The van der Waals surface area contributed by atoms with Crippen LogP contribution >= 0.6 is 0 Å². The molecular weight excluding hydrogens is 236 g/mol. The van der Waals surface area contributed by atoms with Crippen LogP contribution in [-0.2, 0) is 4.79 Å². The van der Waals surface area contributed by atoms with Crippen LogP contribution in [0.1, 0.15) is 27.7 Å². The molecule has 1 nitrogen and oxygen atoms in total. The molecule has 0 saturated heterocycles. The van der Waals surface area contributed by atoms with E-state index in [0.29, 0.717) is 0 Å². The monoisotopic (exact) mass is 260 g/mol. The molecule has 0 amide bonds. The highest BCUT2D eigenvalue weighted by molar-refractivity contribution is 6.93. The van der Waals surface area contributed by atoms with Gasteiger partial charge in [-0.3, -0.25) is 4.79 Å². The maximum absolute atomic E-state index is 11.9. The predicted molar refractivity (Wildman–Crippen MR) is 82.0 cm³/mol. The number of carbonyl (C=O) groups excluding carboxylic acids is 1. The molecule has 0 saturated carbocycles. The van der Waals surface area contributed by atoms with Crippen molar-refractivity contribution in [3.05, 3.63) is 42.0 Å². The first-order chi connectivity index (χ1) is 8.25. The second kappa shape index (κ2) is 5.23. The van der Waals surface area contributed by atoms with Crippen LogP contribution in [0.2, 0.25) is 18.1 Å². The van der Waals surface area contributed by atoms with E-state index in [4.69, 9.17) is 0 Å². The lowest BCUT2D eigenvalue weighted by Crippen LogP contribution is -2.52. The topological polar surface area (TPSA) is 17.1 Å². The van der Waals surface area contributed by atoms with E-state index in [0.717, 1.165) is 5.57 Å². The summed E-state index contributed by atoms with van der Waals surface area (Å²) in [6.45, 7) is 12.7. The smallest absolute Gasteiger partial charge is 0.155 e. The summed E-state index contributed by atoms with van der Waals surface area (Å²) in [7, 11) is -1.74. The second-order valence-electron chi connectivity index (χ2n) is 5.87. The van der Waals surface area contributed by atoms with Gasteiger partial charge in [0.2, 0.25) is 0 Å². The van der Waals surface area contributed by atoms with Gasteiger partial charge in [-0.05, 0) is 24.5 Å². The minimum absolute atomic E-state index is 0.0606. The Kier molecular flexibility index (Phi) is 4.33. The van der Waals surface area contributed by atoms with Gasteiger partial charge in [-0.25, -0.2) is 0 Å². The number of carbonyl (C=O) groups is 1. The maximum Gasteiger partial charge on any atom is 0.155 e. The van der Waals surface area contributed by atoms with Crippen LogP contribution in [0.3, 0.4) is 0 Å². The van der Waals surface area contributed by atoms with Crippen LogP contribution in [-0.4, -0.2) is 13.9 Å². The summed E-state index contributed by atoms with van der Waals surface area (Å²) in [6, 6.07) is 10.6. The summed E-state index contributed by atoms with van der Waals surface area (Å²) >= 11 is 0. The van der Waals surface area contributed by atoms with Crippen molar-refractivity contribution < 1.29 is 4.79 Å². The van der Waals surface area contributed by atoms with E-state index >= 15 is 0 Å². The molecule has 98 valence electrons. The first kappa shape index (κ1) is 14.9. The number of allylic oxidation sites excluding steroid dienone is 2. The van der Waals surface area contributed by atoms with Crippen molar-refractivity contribution in [2.45, 2.75) is 45.8 Å². The molecule has 0 atom stereocenters. The number of benzene rings is 1. The summed E-state index contributed by atoms with van der Waals surface area (Å²) < 4.78 is 0. The largest absolute Gasteiger partial charge is 0.295 e. The molecule has 0 aliphatic heterocycles. The van der Waals surface area contributed by atoms with E-state index in [1.54, 1.807) is 6.92 Å². The fourth-order valence-corrected chi connectivity index (χ4v) is 5.30. The molecule has 0 aliphatic rings. The summed E-state index contributed by atoms with van der Waals surface area (Å²) in [6.07, 6.45) is 1.99. The molecule has 0 fully saturated rings. The Morgan fingerprint density at radius 3 is 2.06 bits per heavy atom. The lowest BCUT2D eigenvalue weighted by atomic mass is 9.98. The van der Waals surface area contributed by atoms with Gasteiger partial charge < -0.3 is 0 Å². The molecule has 0 N–H and O–H groups in total. The Balaban J connectivity index is 3.30. The van der Waals surface area contributed by atoms with Crippen LogP contribution in [0, 0.1) is 0 Å². The van der Waals surface area contributed by atoms with Crippen molar-refractivity contribution in [2.24, 2.45) is 0 Å². The average Bonchev–Trinajstić information content (AvgIpc) is 2.29. The van der Waals surface area contributed by atoms with Gasteiger partial charge in [0.25, 0.3) is 0 Å². The number of Topliss-reactive ketones (excluding diaryl/α,β-unsaturated/α-hetero) is 1. The van der Waals surface area contributed by atoms with E-state index in [-0.39, 0.29) is 10.8 Å². The van der Waals surface area contributed by atoms with E-state index in [1.165, 1.54) is 5.19 Å². The molecule has 1 rings (SSSR count). The van der Waals surface area contributed by atoms with Gasteiger partial charge in [0.05, 0.1) is 8.07 Å².